The summed E-state index contributed by atoms with van der Waals surface area (Å²) in [6.45, 7) is 2.81. The lowest BCUT2D eigenvalue weighted by Crippen LogP contribution is -3.14. The summed E-state index contributed by atoms with van der Waals surface area (Å²) in [5, 5.41) is 6.81. The molecule has 1 unspecified atom stereocenters. The number of hydrogen-bond acceptors (Lipinski definition) is 4. The summed E-state index contributed by atoms with van der Waals surface area (Å²) in [6.07, 6.45) is 1.59. The van der Waals surface area contributed by atoms with Crippen LogP contribution in [0.15, 0.2) is 33.4 Å². The van der Waals surface area contributed by atoms with E-state index in [2.05, 4.69) is 10.5 Å². The van der Waals surface area contributed by atoms with Gasteiger partial charge in [-0.2, -0.15) is 0 Å². The fraction of sp³-hybridized carbons (Fsp3) is 0.333. The minimum Gasteiger partial charge on any atom is -0.461 e. The third kappa shape index (κ3) is 2.28. The normalized spacial score (nSPS) is 19.8. The first-order valence-electron chi connectivity index (χ1n) is 5.91. The Labute approximate surface area is 104 Å². The molecule has 0 spiro atoms. The van der Waals surface area contributed by atoms with Crippen molar-refractivity contribution in [1.29, 1.82) is 0 Å². The lowest BCUT2D eigenvalue weighted by atomic mass is 10.3. The second-order valence-corrected chi connectivity index (χ2v) is 4.36. The predicted molar refractivity (Wildman–Crippen MR) is 61.6 cm³/mol. The van der Waals surface area contributed by atoms with Gasteiger partial charge in [0.05, 0.1) is 19.4 Å². The van der Waals surface area contributed by atoms with Gasteiger partial charge >= 0.3 is 0 Å². The maximum absolute atomic E-state index is 11.3. The summed E-state index contributed by atoms with van der Waals surface area (Å²) in [5.41, 5.74) is 0.839. The molecule has 1 amide bonds. The molecule has 18 heavy (non-hydrogen) atoms. The molecule has 1 saturated heterocycles. The van der Waals surface area contributed by atoms with Gasteiger partial charge in [0.25, 0.3) is 5.91 Å². The highest BCUT2D eigenvalue weighted by Gasteiger charge is 2.21. The first kappa shape index (κ1) is 11.0. The van der Waals surface area contributed by atoms with Gasteiger partial charge in [0, 0.05) is 6.07 Å². The molecule has 94 valence electrons. The van der Waals surface area contributed by atoms with Crippen LogP contribution in [0.4, 0.5) is 0 Å². The first-order valence-corrected chi connectivity index (χ1v) is 5.91. The third-order valence-electron chi connectivity index (χ3n) is 2.97. The van der Waals surface area contributed by atoms with E-state index in [1.165, 1.54) is 4.90 Å². The van der Waals surface area contributed by atoms with Crippen molar-refractivity contribution in [1.82, 2.24) is 10.5 Å². The fourth-order valence-corrected chi connectivity index (χ4v) is 2.09. The Bertz CT molecular complexity index is 533. The molecule has 1 aliphatic rings. The molecule has 2 aromatic rings. The van der Waals surface area contributed by atoms with Gasteiger partial charge in [0.1, 0.15) is 12.2 Å². The van der Waals surface area contributed by atoms with Gasteiger partial charge in [-0.25, -0.2) is 0 Å². The van der Waals surface area contributed by atoms with Gasteiger partial charge in [-0.05, 0) is 12.1 Å². The molecule has 2 aromatic heterocycles. The Hall–Kier alpha value is -2.08. The summed E-state index contributed by atoms with van der Waals surface area (Å²) in [5.74, 6) is 1.38. The van der Waals surface area contributed by atoms with Crippen LogP contribution >= 0.6 is 0 Å². The van der Waals surface area contributed by atoms with Gasteiger partial charge in [-0.15, -0.1) is 0 Å². The lowest BCUT2D eigenvalue weighted by molar-refractivity contribution is -0.907. The number of rotatable bonds is 3. The van der Waals surface area contributed by atoms with E-state index in [9.17, 15) is 4.79 Å². The molecular formula is C12H14N3O3+. The van der Waals surface area contributed by atoms with Crippen LogP contribution in [0.1, 0.15) is 5.69 Å². The van der Waals surface area contributed by atoms with E-state index in [1.54, 1.807) is 12.3 Å². The summed E-state index contributed by atoms with van der Waals surface area (Å²) < 4.78 is 10.5. The molecule has 0 saturated carbocycles. The number of quaternary nitrogens is 1. The van der Waals surface area contributed by atoms with Crippen LogP contribution in [-0.2, 0) is 11.3 Å². The molecule has 3 heterocycles. The molecule has 6 heteroatoms. The number of carbonyl (C=O) groups is 1. The summed E-state index contributed by atoms with van der Waals surface area (Å²) in [7, 11) is 0. The number of amides is 1. The number of carbonyl (C=O) groups excluding carboxylic acids is 1. The Morgan fingerprint density at radius 2 is 2.39 bits per heavy atom. The fourth-order valence-electron chi connectivity index (χ4n) is 2.09. The monoisotopic (exact) mass is 248 g/mol. The second kappa shape index (κ2) is 4.66. The summed E-state index contributed by atoms with van der Waals surface area (Å²) in [6, 6.07) is 5.49. The zero-order valence-corrected chi connectivity index (χ0v) is 9.81. The molecule has 6 nitrogen and oxygen atoms in total. The zero-order valence-electron chi connectivity index (χ0n) is 9.81. The molecule has 1 aliphatic heterocycles. The lowest BCUT2D eigenvalue weighted by Gasteiger charge is -2.22. The first-order chi connectivity index (χ1) is 8.81. The van der Waals surface area contributed by atoms with E-state index in [0.717, 1.165) is 18.8 Å². The van der Waals surface area contributed by atoms with Crippen molar-refractivity contribution in [2.24, 2.45) is 0 Å². The van der Waals surface area contributed by atoms with Crippen LogP contribution in [0, 0.1) is 0 Å². The maximum atomic E-state index is 11.3. The number of hydrogen-bond donors (Lipinski definition) is 2. The number of furan rings is 1. The van der Waals surface area contributed by atoms with E-state index >= 15 is 0 Å². The quantitative estimate of drug-likeness (QED) is 0.764. The van der Waals surface area contributed by atoms with E-state index in [4.69, 9.17) is 8.94 Å². The summed E-state index contributed by atoms with van der Waals surface area (Å²) >= 11 is 0. The Balaban J connectivity index is 1.68. The van der Waals surface area contributed by atoms with E-state index in [0.29, 0.717) is 24.6 Å². The molecule has 1 atom stereocenters. The highest BCUT2D eigenvalue weighted by atomic mass is 16.5. The minimum absolute atomic E-state index is 0.0889. The summed E-state index contributed by atoms with van der Waals surface area (Å²) in [4.78, 5) is 12.5. The van der Waals surface area contributed by atoms with Crippen LogP contribution in [0.25, 0.3) is 11.5 Å². The largest absolute Gasteiger partial charge is 0.461 e. The van der Waals surface area contributed by atoms with E-state index in [-0.39, 0.29) is 5.91 Å². The Kier molecular flexibility index (Phi) is 2.85. The molecule has 3 rings (SSSR count). The number of nitrogens with one attached hydrogen (secondary N) is 2. The SMILES string of the molecule is O=C1C[NH+](Cc2cc(-c3ccco3)on2)CCN1. The van der Waals surface area contributed by atoms with Crippen molar-refractivity contribution in [3.8, 4) is 11.5 Å². The van der Waals surface area contributed by atoms with Crippen LogP contribution in [0.3, 0.4) is 0 Å². The maximum Gasteiger partial charge on any atom is 0.275 e. The Morgan fingerprint density at radius 1 is 1.44 bits per heavy atom. The molecule has 0 radical (unpaired) electrons. The van der Waals surface area contributed by atoms with Gasteiger partial charge in [-0.1, -0.05) is 5.16 Å². The third-order valence-corrected chi connectivity index (χ3v) is 2.97. The highest BCUT2D eigenvalue weighted by molar-refractivity contribution is 5.77. The second-order valence-electron chi connectivity index (χ2n) is 4.36. The Morgan fingerprint density at radius 3 is 3.17 bits per heavy atom. The van der Waals surface area contributed by atoms with Crippen LogP contribution in [0.2, 0.25) is 0 Å². The molecule has 1 fully saturated rings. The average molecular weight is 248 g/mol. The van der Waals surface area contributed by atoms with Gasteiger partial charge < -0.3 is 19.2 Å². The number of nitrogens with zero attached hydrogens (tertiary/aromatic N) is 1. The van der Waals surface area contributed by atoms with Gasteiger partial charge in [-0.3, -0.25) is 4.79 Å². The topological polar surface area (TPSA) is 72.7 Å². The highest BCUT2D eigenvalue weighted by Crippen LogP contribution is 2.19. The van der Waals surface area contributed by atoms with Crippen molar-refractivity contribution in [3.05, 3.63) is 30.2 Å². The molecule has 0 aromatic carbocycles. The molecule has 0 bridgehead atoms. The molecule has 0 aliphatic carbocycles. The van der Waals surface area contributed by atoms with Crippen molar-refractivity contribution in [3.63, 3.8) is 0 Å². The van der Waals surface area contributed by atoms with Crippen molar-refractivity contribution < 1.29 is 18.6 Å². The van der Waals surface area contributed by atoms with Gasteiger partial charge in [0.2, 0.25) is 5.76 Å². The van der Waals surface area contributed by atoms with E-state index < -0.39 is 0 Å². The van der Waals surface area contributed by atoms with E-state index in [1.807, 2.05) is 12.1 Å². The van der Waals surface area contributed by atoms with Crippen LogP contribution in [-0.4, -0.2) is 30.7 Å². The van der Waals surface area contributed by atoms with Crippen molar-refractivity contribution in [2.45, 2.75) is 6.54 Å². The minimum atomic E-state index is 0.0889. The average Bonchev–Trinajstić information content (AvgIpc) is 2.98. The van der Waals surface area contributed by atoms with Crippen molar-refractivity contribution in [2.75, 3.05) is 19.6 Å². The molecular weight excluding hydrogens is 234 g/mol. The standard InChI is InChI=1S/C12H13N3O3/c16-12-8-15(4-3-13-12)7-9-6-11(18-14-9)10-2-1-5-17-10/h1-2,5-6H,3-4,7-8H2,(H,13,16)/p+1. The zero-order chi connectivity index (χ0) is 12.4. The van der Waals surface area contributed by atoms with Crippen LogP contribution in [0.5, 0.6) is 0 Å². The smallest absolute Gasteiger partial charge is 0.275 e. The van der Waals surface area contributed by atoms with Crippen LogP contribution < -0.4 is 10.2 Å². The van der Waals surface area contributed by atoms with Crippen molar-refractivity contribution >= 4 is 5.91 Å². The number of aromatic nitrogens is 1. The number of piperazine rings is 1. The predicted octanol–water partition coefficient (Wildman–Crippen LogP) is -0.551. The molecule has 2 N–H and O–H groups in total. The van der Waals surface area contributed by atoms with Gasteiger partial charge in [0.15, 0.2) is 12.3 Å².